The largest absolute Gasteiger partial charge is 0.301 e. The fourth-order valence-electron chi connectivity index (χ4n) is 2.40. The van der Waals surface area contributed by atoms with E-state index in [1.807, 2.05) is 30.6 Å². The average Bonchev–Trinajstić information content (AvgIpc) is 3.08. The quantitative estimate of drug-likeness (QED) is 0.679. The summed E-state index contributed by atoms with van der Waals surface area (Å²) in [5, 5.41) is 2.89. The lowest BCUT2D eigenvalue weighted by Gasteiger charge is -2.18. The Labute approximate surface area is 126 Å². The molecule has 0 amide bonds. The van der Waals surface area contributed by atoms with Gasteiger partial charge in [0.1, 0.15) is 16.3 Å². The summed E-state index contributed by atoms with van der Waals surface area (Å²) < 4.78 is 2.13. The molecule has 3 aromatic heterocycles. The molecule has 0 aliphatic rings. The molecule has 0 N–H and O–H groups in total. The Hall–Kier alpha value is -1.46. The van der Waals surface area contributed by atoms with Crippen molar-refractivity contribution in [1.82, 2.24) is 19.5 Å². The van der Waals surface area contributed by atoms with E-state index in [9.17, 15) is 0 Å². The van der Waals surface area contributed by atoms with Crippen molar-refractivity contribution in [3.05, 3.63) is 40.7 Å². The molecule has 4 nitrogen and oxygen atoms in total. The van der Waals surface area contributed by atoms with E-state index in [4.69, 9.17) is 11.6 Å². The Kier molecular flexibility index (Phi) is 3.72. The topological polar surface area (TPSA) is 43.6 Å². The third-order valence-electron chi connectivity index (χ3n) is 3.27. The maximum Gasteiger partial charge on any atom is 0.160 e. The van der Waals surface area contributed by atoms with Gasteiger partial charge in [0.2, 0.25) is 0 Å². The summed E-state index contributed by atoms with van der Waals surface area (Å²) in [6.45, 7) is 4.08. The fourth-order valence-corrected chi connectivity index (χ4v) is 3.37. The van der Waals surface area contributed by atoms with E-state index in [-0.39, 0.29) is 11.4 Å². The van der Waals surface area contributed by atoms with Gasteiger partial charge in [-0.2, -0.15) is 0 Å². The molecule has 0 aliphatic carbocycles. The number of fused-ring (bicyclic) bond motifs is 1. The van der Waals surface area contributed by atoms with Crippen molar-refractivity contribution < 1.29 is 0 Å². The van der Waals surface area contributed by atoms with E-state index in [0.717, 1.165) is 28.4 Å². The number of rotatable bonds is 4. The van der Waals surface area contributed by atoms with Crippen LogP contribution in [0.2, 0.25) is 0 Å². The molecule has 0 spiro atoms. The van der Waals surface area contributed by atoms with Crippen LogP contribution in [0, 0.1) is 0 Å². The molecule has 0 radical (unpaired) electrons. The van der Waals surface area contributed by atoms with Crippen LogP contribution in [-0.2, 0) is 0 Å². The lowest BCUT2D eigenvalue weighted by molar-refractivity contribution is 0.549. The van der Waals surface area contributed by atoms with Crippen LogP contribution < -0.4 is 0 Å². The number of imidazole rings is 1. The molecule has 104 valence electrons. The summed E-state index contributed by atoms with van der Waals surface area (Å²) in [4.78, 5) is 13.6. The monoisotopic (exact) mass is 306 g/mol. The summed E-state index contributed by atoms with van der Waals surface area (Å²) in [5.41, 5.74) is 1.75. The highest BCUT2D eigenvalue weighted by Gasteiger charge is 2.24. The molecule has 0 bridgehead atoms. The number of nitrogens with zero attached hydrogens (tertiary/aromatic N) is 4. The number of pyridine rings is 1. The minimum absolute atomic E-state index is 0.131. The molecule has 2 atom stereocenters. The molecule has 0 saturated heterocycles. The van der Waals surface area contributed by atoms with Gasteiger partial charge >= 0.3 is 0 Å². The maximum atomic E-state index is 6.31. The zero-order valence-corrected chi connectivity index (χ0v) is 12.9. The molecule has 20 heavy (non-hydrogen) atoms. The van der Waals surface area contributed by atoms with Gasteiger partial charge in [-0.15, -0.1) is 22.9 Å². The first-order valence-corrected chi connectivity index (χ1v) is 7.90. The van der Waals surface area contributed by atoms with Gasteiger partial charge in [-0.3, -0.25) is 0 Å². The zero-order chi connectivity index (χ0) is 14.1. The minimum Gasteiger partial charge on any atom is -0.301 e. The maximum absolute atomic E-state index is 6.31. The van der Waals surface area contributed by atoms with Gasteiger partial charge in [-0.25, -0.2) is 15.0 Å². The Morgan fingerprint density at radius 2 is 2.20 bits per heavy atom. The van der Waals surface area contributed by atoms with Crippen molar-refractivity contribution in [2.75, 3.05) is 0 Å². The van der Waals surface area contributed by atoms with Crippen LogP contribution in [0.3, 0.4) is 0 Å². The van der Waals surface area contributed by atoms with Gasteiger partial charge in [-0.1, -0.05) is 6.92 Å². The van der Waals surface area contributed by atoms with E-state index >= 15 is 0 Å². The summed E-state index contributed by atoms with van der Waals surface area (Å²) in [6.07, 6.45) is 4.54. The molecule has 3 rings (SSSR count). The molecule has 0 fully saturated rings. The third-order valence-corrected chi connectivity index (χ3v) is 4.34. The van der Waals surface area contributed by atoms with Crippen molar-refractivity contribution in [1.29, 1.82) is 0 Å². The molecule has 0 saturated carbocycles. The van der Waals surface area contributed by atoms with Crippen LogP contribution in [0.15, 0.2) is 29.9 Å². The highest BCUT2D eigenvalue weighted by molar-refractivity contribution is 7.09. The first-order valence-electron chi connectivity index (χ1n) is 6.58. The van der Waals surface area contributed by atoms with Gasteiger partial charge < -0.3 is 4.57 Å². The smallest absolute Gasteiger partial charge is 0.160 e. The van der Waals surface area contributed by atoms with Crippen molar-refractivity contribution in [3.8, 4) is 0 Å². The first kappa shape index (κ1) is 13.5. The molecule has 6 heteroatoms. The fraction of sp³-hybridized carbons (Fsp3) is 0.357. The molecule has 3 heterocycles. The van der Waals surface area contributed by atoms with E-state index in [2.05, 4.69) is 26.4 Å². The van der Waals surface area contributed by atoms with E-state index < -0.39 is 0 Å². The molecule has 0 aromatic carbocycles. The second-order valence-electron chi connectivity index (χ2n) is 4.60. The summed E-state index contributed by atoms with van der Waals surface area (Å²) in [5.74, 6) is 0.849. The van der Waals surface area contributed by atoms with Gasteiger partial charge in [0, 0.05) is 17.8 Å². The number of hydrogen-bond acceptors (Lipinski definition) is 4. The Morgan fingerprint density at radius 3 is 2.85 bits per heavy atom. The van der Waals surface area contributed by atoms with Crippen LogP contribution in [-0.4, -0.2) is 19.5 Å². The molecule has 0 aliphatic heterocycles. The van der Waals surface area contributed by atoms with Crippen molar-refractivity contribution in [2.24, 2.45) is 0 Å². The Balaban J connectivity index is 2.24. The lowest BCUT2D eigenvalue weighted by atomic mass is 10.2. The SMILES string of the molecule is CCC(c1nccs1)n1c(C(C)Cl)nc2cccnc21. The number of hydrogen-bond donors (Lipinski definition) is 0. The van der Waals surface area contributed by atoms with Crippen molar-refractivity contribution in [3.63, 3.8) is 0 Å². The predicted molar refractivity (Wildman–Crippen MR) is 82.3 cm³/mol. The summed E-state index contributed by atoms with van der Waals surface area (Å²) in [7, 11) is 0. The van der Waals surface area contributed by atoms with E-state index in [0.29, 0.717) is 0 Å². The Bertz CT molecular complexity index is 705. The second-order valence-corrected chi connectivity index (χ2v) is 6.18. The van der Waals surface area contributed by atoms with Gasteiger partial charge in [-0.05, 0) is 25.5 Å². The highest BCUT2D eigenvalue weighted by atomic mass is 35.5. The number of halogens is 1. The van der Waals surface area contributed by atoms with Gasteiger partial charge in [0.15, 0.2) is 5.65 Å². The number of aromatic nitrogens is 4. The van der Waals surface area contributed by atoms with Crippen LogP contribution in [0.5, 0.6) is 0 Å². The third kappa shape index (κ3) is 2.21. The lowest BCUT2D eigenvalue weighted by Crippen LogP contribution is -2.14. The van der Waals surface area contributed by atoms with Crippen molar-refractivity contribution in [2.45, 2.75) is 31.7 Å². The average molecular weight is 307 g/mol. The second kappa shape index (κ2) is 5.50. The molecular formula is C14H15ClN4S. The number of thiazole rings is 1. The van der Waals surface area contributed by atoms with E-state index in [1.165, 1.54) is 0 Å². The van der Waals surface area contributed by atoms with Gasteiger partial charge in [0.25, 0.3) is 0 Å². The highest BCUT2D eigenvalue weighted by Crippen LogP contribution is 2.32. The summed E-state index contributed by atoms with van der Waals surface area (Å²) in [6, 6.07) is 3.99. The number of alkyl halides is 1. The van der Waals surface area contributed by atoms with Crippen molar-refractivity contribution >= 4 is 34.1 Å². The van der Waals surface area contributed by atoms with Crippen LogP contribution in [0.25, 0.3) is 11.2 Å². The first-order chi connectivity index (χ1) is 9.72. The van der Waals surface area contributed by atoms with E-state index in [1.54, 1.807) is 17.5 Å². The van der Waals surface area contributed by atoms with Crippen LogP contribution >= 0.6 is 22.9 Å². The van der Waals surface area contributed by atoms with Gasteiger partial charge in [0.05, 0.1) is 11.4 Å². The molecule has 2 unspecified atom stereocenters. The summed E-state index contributed by atoms with van der Waals surface area (Å²) >= 11 is 7.97. The van der Waals surface area contributed by atoms with Crippen LogP contribution in [0.4, 0.5) is 0 Å². The normalized spacial score (nSPS) is 14.6. The minimum atomic E-state index is -0.168. The Morgan fingerprint density at radius 1 is 1.35 bits per heavy atom. The van der Waals surface area contributed by atoms with Crippen LogP contribution in [0.1, 0.15) is 42.5 Å². The molecule has 3 aromatic rings. The zero-order valence-electron chi connectivity index (χ0n) is 11.3. The predicted octanol–water partition coefficient (Wildman–Crippen LogP) is 4.19. The molecular weight excluding hydrogens is 292 g/mol. The standard InChI is InChI=1S/C14H15ClN4S/c1-3-11(14-17-7-8-20-14)19-12(9(2)15)18-10-5-4-6-16-13(10)19/h4-9,11H,3H2,1-2H3.